The monoisotopic (exact) mass is 431 g/mol. The summed E-state index contributed by atoms with van der Waals surface area (Å²) in [5, 5.41) is 0. The minimum absolute atomic E-state index is 0.156. The van der Waals surface area contributed by atoms with Gasteiger partial charge < -0.3 is 9.80 Å². The van der Waals surface area contributed by atoms with Gasteiger partial charge in [-0.3, -0.25) is 4.90 Å². The van der Waals surface area contributed by atoms with Crippen molar-refractivity contribution in [3.63, 3.8) is 0 Å². The number of fused-ring (bicyclic) bond motifs is 1. The number of para-hydroxylation sites is 1. The van der Waals surface area contributed by atoms with Gasteiger partial charge in [-0.05, 0) is 42.7 Å². The molecule has 0 bridgehead atoms. The van der Waals surface area contributed by atoms with E-state index in [-0.39, 0.29) is 5.82 Å². The first-order valence-electron chi connectivity index (χ1n) is 11.4. The van der Waals surface area contributed by atoms with E-state index in [0.717, 1.165) is 58.2 Å². The molecule has 1 aromatic heterocycles. The Morgan fingerprint density at radius 1 is 0.906 bits per heavy atom. The van der Waals surface area contributed by atoms with Gasteiger partial charge in [-0.1, -0.05) is 30.3 Å². The number of halogens is 1. The van der Waals surface area contributed by atoms with Gasteiger partial charge in [0, 0.05) is 64.0 Å². The average molecular weight is 432 g/mol. The molecule has 32 heavy (non-hydrogen) atoms. The van der Waals surface area contributed by atoms with E-state index < -0.39 is 0 Å². The van der Waals surface area contributed by atoms with Crippen molar-refractivity contribution in [2.75, 3.05) is 42.5 Å². The van der Waals surface area contributed by atoms with Crippen LogP contribution in [-0.2, 0) is 19.5 Å². The summed E-state index contributed by atoms with van der Waals surface area (Å²) in [6.45, 7) is 10.3. The van der Waals surface area contributed by atoms with Crippen LogP contribution in [0.25, 0.3) is 0 Å². The van der Waals surface area contributed by atoms with Crippen molar-refractivity contribution in [2.24, 2.45) is 0 Å². The van der Waals surface area contributed by atoms with E-state index in [4.69, 9.17) is 9.97 Å². The molecular formula is C26H30FN5. The van der Waals surface area contributed by atoms with Gasteiger partial charge >= 0.3 is 0 Å². The summed E-state index contributed by atoms with van der Waals surface area (Å²) in [5.41, 5.74) is 7.14. The molecule has 0 saturated carbocycles. The third-order valence-electron chi connectivity index (χ3n) is 6.73. The molecule has 1 fully saturated rings. The number of nitrogens with zero attached hydrogens (tertiary/aromatic N) is 5. The molecule has 3 heterocycles. The number of aromatic nitrogens is 2. The lowest BCUT2D eigenvalue weighted by Crippen LogP contribution is -2.47. The van der Waals surface area contributed by atoms with E-state index in [9.17, 15) is 4.39 Å². The molecule has 1 saturated heterocycles. The summed E-state index contributed by atoms with van der Waals surface area (Å²) < 4.78 is 14.1. The molecule has 5 nitrogen and oxygen atoms in total. The Hall–Kier alpha value is -2.99. The Morgan fingerprint density at radius 2 is 1.69 bits per heavy atom. The molecule has 2 aromatic carbocycles. The average Bonchev–Trinajstić information content (AvgIpc) is 2.82. The highest BCUT2D eigenvalue weighted by Crippen LogP contribution is 2.24. The molecular weight excluding hydrogens is 401 g/mol. The van der Waals surface area contributed by atoms with Crippen LogP contribution >= 0.6 is 0 Å². The van der Waals surface area contributed by atoms with E-state index in [1.807, 2.05) is 18.3 Å². The van der Waals surface area contributed by atoms with Crippen molar-refractivity contribution in [2.45, 2.75) is 33.4 Å². The lowest BCUT2D eigenvalue weighted by molar-refractivity contribution is 0.243. The standard InChI is InChI=1S/C26H30FN5/c1-19-7-8-21(15-20(19)2)17-30-10-9-24-22(18-30)16-28-26(29-24)32-13-11-31(12-14-32)25-6-4-3-5-23(25)27/h3-8,15-16H,9-14,17-18H2,1-2H3. The molecule has 0 atom stereocenters. The summed E-state index contributed by atoms with van der Waals surface area (Å²) in [5.74, 6) is 0.649. The summed E-state index contributed by atoms with van der Waals surface area (Å²) in [7, 11) is 0. The number of rotatable bonds is 4. The number of piperazine rings is 1. The first-order valence-corrected chi connectivity index (χ1v) is 11.4. The van der Waals surface area contributed by atoms with Crippen molar-refractivity contribution in [3.05, 3.63) is 82.4 Å². The van der Waals surface area contributed by atoms with Crippen molar-refractivity contribution in [1.82, 2.24) is 14.9 Å². The number of hydrogen-bond acceptors (Lipinski definition) is 5. The minimum atomic E-state index is -0.156. The molecule has 166 valence electrons. The van der Waals surface area contributed by atoms with E-state index in [1.165, 1.54) is 34.0 Å². The SMILES string of the molecule is Cc1ccc(CN2CCc3nc(N4CCN(c5ccccc5F)CC4)ncc3C2)cc1C. The molecule has 0 unspecified atom stereocenters. The third-order valence-corrected chi connectivity index (χ3v) is 6.73. The zero-order valence-electron chi connectivity index (χ0n) is 18.9. The van der Waals surface area contributed by atoms with Crippen molar-refractivity contribution < 1.29 is 4.39 Å². The van der Waals surface area contributed by atoms with Crippen LogP contribution in [0.15, 0.2) is 48.7 Å². The fourth-order valence-electron chi connectivity index (χ4n) is 4.67. The van der Waals surface area contributed by atoms with Crippen LogP contribution in [0.2, 0.25) is 0 Å². The Bertz CT molecular complexity index is 1110. The van der Waals surface area contributed by atoms with Gasteiger partial charge in [0.1, 0.15) is 5.82 Å². The molecule has 0 spiro atoms. The molecule has 0 N–H and O–H groups in total. The summed E-state index contributed by atoms with van der Waals surface area (Å²) in [6, 6.07) is 13.7. The second-order valence-corrected chi connectivity index (χ2v) is 8.95. The summed E-state index contributed by atoms with van der Waals surface area (Å²) in [6.07, 6.45) is 2.96. The zero-order chi connectivity index (χ0) is 22.1. The van der Waals surface area contributed by atoms with E-state index in [0.29, 0.717) is 5.69 Å². The lowest BCUT2D eigenvalue weighted by Gasteiger charge is -2.36. The van der Waals surface area contributed by atoms with Crippen LogP contribution in [0.1, 0.15) is 27.9 Å². The van der Waals surface area contributed by atoms with Gasteiger partial charge in [0.15, 0.2) is 0 Å². The van der Waals surface area contributed by atoms with Gasteiger partial charge in [0.25, 0.3) is 0 Å². The second-order valence-electron chi connectivity index (χ2n) is 8.95. The molecule has 2 aliphatic rings. The van der Waals surface area contributed by atoms with Crippen LogP contribution in [0, 0.1) is 19.7 Å². The van der Waals surface area contributed by atoms with Crippen LogP contribution in [-0.4, -0.2) is 47.6 Å². The lowest BCUT2D eigenvalue weighted by atomic mass is 10.0. The number of anilines is 2. The van der Waals surface area contributed by atoms with Gasteiger partial charge in [0.05, 0.1) is 11.4 Å². The first-order chi connectivity index (χ1) is 15.6. The molecule has 5 rings (SSSR count). The van der Waals surface area contributed by atoms with Crippen molar-refractivity contribution >= 4 is 11.6 Å². The minimum Gasteiger partial charge on any atom is -0.366 e. The number of aryl methyl sites for hydroxylation is 2. The van der Waals surface area contributed by atoms with Gasteiger partial charge in [0.2, 0.25) is 5.95 Å². The summed E-state index contributed by atoms with van der Waals surface area (Å²) >= 11 is 0. The molecule has 0 radical (unpaired) electrons. The normalized spacial score (nSPS) is 16.8. The van der Waals surface area contributed by atoms with E-state index in [2.05, 4.69) is 46.7 Å². The second kappa shape index (κ2) is 8.87. The fourth-order valence-corrected chi connectivity index (χ4v) is 4.67. The maximum absolute atomic E-state index is 14.1. The molecule has 3 aromatic rings. The Morgan fingerprint density at radius 3 is 2.47 bits per heavy atom. The van der Waals surface area contributed by atoms with Gasteiger partial charge in [-0.2, -0.15) is 0 Å². The van der Waals surface area contributed by atoms with Crippen molar-refractivity contribution in [1.29, 1.82) is 0 Å². The van der Waals surface area contributed by atoms with Crippen LogP contribution in [0.4, 0.5) is 16.0 Å². The Balaban J connectivity index is 1.22. The van der Waals surface area contributed by atoms with Crippen LogP contribution in [0.3, 0.4) is 0 Å². The predicted octanol–water partition coefficient (Wildman–Crippen LogP) is 4.12. The molecule has 0 aliphatic carbocycles. The first kappa shape index (κ1) is 20.9. The largest absolute Gasteiger partial charge is 0.366 e. The van der Waals surface area contributed by atoms with Crippen molar-refractivity contribution in [3.8, 4) is 0 Å². The zero-order valence-corrected chi connectivity index (χ0v) is 18.9. The highest BCUT2D eigenvalue weighted by atomic mass is 19.1. The Labute approximate surface area is 189 Å². The molecule has 0 amide bonds. The quantitative estimate of drug-likeness (QED) is 0.621. The maximum Gasteiger partial charge on any atom is 0.225 e. The van der Waals surface area contributed by atoms with Gasteiger partial charge in [-0.15, -0.1) is 0 Å². The topological polar surface area (TPSA) is 35.5 Å². The molecule has 6 heteroatoms. The fraction of sp³-hybridized carbons (Fsp3) is 0.385. The van der Waals surface area contributed by atoms with E-state index in [1.54, 1.807) is 6.07 Å². The third kappa shape index (κ3) is 4.32. The number of hydrogen-bond donors (Lipinski definition) is 0. The van der Waals surface area contributed by atoms with Crippen LogP contribution in [0.5, 0.6) is 0 Å². The summed E-state index contributed by atoms with van der Waals surface area (Å²) in [4.78, 5) is 16.4. The Kier molecular flexibility index (Phi) is 5.79. The van der Waals surface area contributed by atoms with E-state index >= 15 is 0 Å². The van der Waals surface area contributed by atoms with Crippen LogP contribution < -0.4 is 9.80 Å². The number of benzene rings is 2. The molecule has 2 aliphatic heterocycles. The van der Waals surface area contributed by atoms with Gasteiger partial charge in [-0.25, -0.2) is 14.4 Å². The maximum atomic E-state index is 14.1. The highest BCUT2D eigenvalue weighted by Gasteiger charge is 2.23. The highest BCUT2D eigenvalue weighted by molar-refractivity contribution is 5.49. The predicted molar refractivity (Wildman–Crippen MR) is 127 cm³/mol. The smallest absolute Gasteiger partial charge is 0.225 e.